The van der Waals surface area contributed by atoms with Crippen molar-refractivity contribution >= 4 is 23.2 Å². The number of rotatable bonds is 4. The normalized spacial score (nSPS) is 11.7. The van der Waals surface area contributed by atoms with E-state index in [9.17, 15) is 9.59 Å². The molecule has 6 nitrogen and oxygen atoms in total. The number of hydrogen-bond acceptors (Lipinski definition) is 4. The van der Waals surface area contributed by atoms with Gasteiger partial charge in [-0.15, -0.1) is 0 Å². The molecule has 104 valence electrons. The van der Waals surface area contributed by atoms with E-state index in [4.69, 9.17) is 11.5 Å². The smallest absolute Gasteiger partial charge is 0.252 e. The lowest BCUT2D eigenvalue weighted by Crippen LogP contribution is -2.45. The minimum atomic E-state index is -0.597. The third-order valence-corrected chi connectivity index (χ3v) is 2.81. The highest BCUT2D eigenvalue weighted by Gasteiger charge is 2.19. The lowest BCUT2D eigenvalue weighted by molar-refractivity contribution is -0.131. The first-order chi connectivity index (χ1) is 8.85. The van der Waals surface area contributed by atoms with Crippen molar-refractivity contribution in [3.05, 3.63) is 23.8 Å². The van der Waals surface area contributed by atoms with E-state index in [1.54, 1.807) is 24.9 Å². The van der Waals surface area contributed by atoms with E-state index >= 15 is 0 Å². The second-order valence-corrected chi connectivity index (χ2v) is 4.44. The summed E-state index contributed by atoms with van der Waals surface area (Å²) in [7, 11) is 1.68. The van der Waals surface area contributed by atoms with Gasteiger partial charge in [0.1, 0.15) is 6.04 Å². The number of benzene rings is 1. The fourth-order valence-electron chi connectivity index (χ4n) is 1.64. The van der Waals surface area contributed by atoms with Gasteiger partial charge in [0.2, 0.25) is 5.91 Å². The van der Waals surface area contributed by atoms with E-state index in [0.717, 1.165) is 0 Å². The number of nitrogen functional groups attached to an aromatic ring is 2. The zero-order valence-electron chi connectivity index (χ0n) is 11.4. The number of likely N-dealkylation sites (N-methyl/N-ethyl adjacent to an activating group) is 1. The molecule has 2 amide bonds. The molecule has 0 aliphatic carbocycles. The molecule has 0 aromatic heterocycles. The lowest BCUT2D eigenvalue weighted by Gasteiger charge is -2.20. The molecule has 0 aliphatic rings. The highest BCUT2D eigenvalue weighted by Crippen LogP contribution is 2.13. The molecule has 1 aromatic carbocycles. The molecule has 1 atom stereocenters. The Labute approximate surface area is 112 Å². The van der Waals surface area contributed by atoms with E-state index < -0.39 is 6.04 Å². The Kier molecular flexibility index (Phi) is 4.74. The first-order valence-corrected chi connectivity index (χ1v) is 6.07. The summed E-state index contributed by atoms with van der Waals surface area (Å²) in [6.45, 7) is 4.09. The van der Waals surface area contributed by atoms with E-state index in [1.807, 2.05) is 6.92 Å². The van der Waals surface area contributed by atoms with Crippen molar-refractivity contribution in [3.63, 3.8) is 0 Å². The average molecular weight is 264 g/mol. The van der Waals surface area contributed by atoms with Gasteiger partial charge >= 0.3 is 0 Å². The van der Waals surface area contributed by atoms with Crippen LogP contribution in [0.1, 0.15) is 24.2 Å². The average Bonchev–Trinajstić information content (AvgIpc) is 2.35. The molecule has 0 bridgehead atoms. The summed E-state index contributed by atoms with van der Waals surface area (Å²) in [5, 5.41) is 2.62. The van der Waals surface area contributed by atoms with Crippen molar-refractivity contribution in [2.45, 2.75) is 19.9 Å². The van der Waals surface area contributed by atoms with Gasteiger partial charge in [0.05, 0.1) is 0 Å². The van der Waals surface area contributed by atoms with E-state index in [1.165, 1.54) is 12.1 Å². The summed E-state index contributed by atoms with van der Waals surface area (Å²) in [6, 6.07) is 4.01. The number of nitrogens with two attached hydrogens (primary N) is 2. The molecule has 0 spiro atoms. The Morgan fingerprint density at radius 2 is 1.79 bits per heavy atom. The molecule has 5 N–H and O–H groups in total. The van der Waals surface area contributed by atoms with Crippen LogP contribution in [-0.4, -0.2) is 36.3 Å². The lowest BCUT2D eigenvalue weighted by atomic mass is 10.1. The molecule has 0 saturated carbocycles. The second kappa shape index (κ2) is 6.08. The summed E-state index contributed by atoms with van der Waals surface area (Å²) in [4.78, 5) is 25.4. The van der Waals surface area contributed by atoms with E-state index in [-0.39, 0.29) is 11.8 Å². The standard InChI is InChI=1S/C13H20N4O2/c1-4-17(3)13(19)8(2)16-12(18)9-5-10(14)7-11(15)6-9/h5-8H,4,14-15H2,1-3H3,(H,16,18). The van der Waals surface area contributed by atoms with Crippen LogP contribution >= 0.6 is 0 Å². The maximum absolute atomic E-state index is 12.0. The number of carbonyl (C=O) groups is 2. The van der Waals surface area contributed by atoms with Crippen molar-refractivity contribution in [3.8, 4) is 0 Å². The molecule has 19 heavy (non-hydrogen) atoms. The van der Waals surface area contributed by atoms with Crippen LogP contribution in [0, 0.1) is 0 Å². The highest BCUT2D eigenvalue weighted by atomic mass is 16.2. The number of nitrogens with zero attached hydrogens (tertiary/aromatic N) is 1. The number of hydrogen-bond donors (Lipinski definition) is 3. The van der Waals surface area contributed by atoms with Crippen LogP contribution in [0.4, 0.5) is 11.4 Å². The van der Waals surface area contributed by atoms with Crippen molar-refractivity contribution in [1.29, 1.82) is 0 Å². The molecule has 6 heteroatoms. The largest absolute Gasteiger partial charge is 0.399 e. The fraction of sp³-hybridized carbons (Fsp3) is 0.385. The van der Waals surface area contributed by atoms with Crippen LogP contribution in [0.3, 0.4) is 0 Å². The third kappa shape index (κ3) is 3.87. The second-order valence-electron chi connectivity index (χ2n) is 4.44. The van der Waals surface area contributed by atoms with Crippen molar-refractivity contribution in [2.24, 2.45) is 0 Å². The summed E-state index contributed by atoms with van der Waals surface area (Å²) >= 11 is 0. The highest BCUT2D eigenvalue weighted by molar-refractivity contribution is 5.98. The van der Waals surface area contributed by atoms with Crippen LogP contribution in [0.2, 0.25) is 0 Å². The minimum Gasteiger partial charge on any atom is -0.399 e. The Morgan fingerprint density at radius 1 is 1.26 bits per heavy atom. The molecule has 1 aromatic rings. The molecule has 0 heterocycles. The molecule has 1 unspecified atom stereocenters. The molecule has 1 rings (SSSR count). The zero-order valence-corrected chi connectivity index (χ0v) is 11.4. The monoisotopic (exact) mass is 264 g/mol. The summed E-state index contributed by atoms with van der Waals surface area (Å²) in [5.41, 5.74) is 12.4. The SMILES string of the molecule is CCN(C)C(=O)C(C)NC(=O)c1cc(N)cc(N)c1. The van der Waals surface area contributed by atoms with Gasteiger partial charge in [-0.2, -0.15) is 0 Å². The molecule has 0 fully saturated rings. The van der Waals surface area contributed by atoms with Gasteiger partial charge in [-0.05, 0) is 32.0 Å². The molecule has 0 radical (unpaired) electrons. The summed E-state index contributed by atoms with van der Waals surface area (Å²) in [6.07, 6.45) is 0. The molecule has 0 aliphatic heterocycles. The van der Waals surface area contributed by atoms with E-state index in [2.05, 4.69) is 5.32 Å². The maximum atomic E-state index is 12.0. The topological polar surface area (TPSA) is 101 Å². The maximum Gasteiger partial charge on any atom is 0.252 e. The van der Waals surface area contributed by atoms with Crippen LogP contribution in [0.25, 0.3) is 0 Å². The number of nitrogens with one attached hydrogen (secondary N) is 1. The Hall–Kier alpha value is -2.24. The van der Waals surface area contributed by atoms with Crippen molar-refractivity contribution < 1.29 is 9.59 Å². The van der Waals surface area contributed by atoms with Crippen LogP contribution in [0.5, 0.6) is 0 Å². The Morgan fingerprint density at radius 3 is 2.26 bits per heavy atom. The van der Waals surface area contributed by atoms with Crippen LogP contribution in [-0.2, 0) is 4.79 Å². The predicted molar refractivity (Wildman–Crippen MR) is 75.5 cm³/mol. The van der Waals surface area contributed by atoms with Gasteiger partial charge < -0.3 is 21.7 Å². The van der Waals surface area contributed by atoms with Gasteiger partial charge in [-0.3, -0.25) is 9.59 Å². The molecular weight excluding hydrogens is 244 g/mol. The predicted octanol–water partition coefficient (Wildman–Crippen LogP) is 0.448. The minimum absolute atomic E-state index is 0.146. The van der Waals surface area contributed by atoms with Gasteiger partial charge in [0.15, 0.2) is 0 Å². The molecular formula is C13H20N4O2. The summed E-state index contributed by atoms with van der Waals surface area (Å²) < 4.78 is 0. The van der Waals surface area contributed by atoms with Gasteiger partial charge in [0, 0.05) is 30.5 Å². The van der Waals surface area contributed by atoms with Crippen molar-refractivity contribution in [2.75, 3.05) is 25.1 Å². The quantitative estimate of drug-likeness (QED) is 0.687. The van der Waals surface area contributed by atoms with Gasteiger partial charge in [0.25, 0.3) is 5.91 Å². The first-order valence-electron chi connectivity index (χ1n) is 6.07. The Balaban J connectivity index is 2.77. The molecule has 0 saturated heterocycles. The Bertz CT molecular complexity index is 467. The van der Waals surface area contributed by atoms with Gasteiger partial charge in [-0.25, -0.2) is 0 Å². The number of carbonyl (C=O) groups excluding carboxylic acids is 2. The van der Waals surface area contributed by atoms with E-state index in [0.29, 0.717) is 23.5 Å². The first kappa shape index (κ1) is 14.8. The van der Waals surface area contributed by atoms with Crippen LogP contribution < -0.4 is 16.8 Å². The van der Waals surface area contributed by atoms with Crippen molar-refractivity contribution in [1.82, 2.24) is 10.2 Å². The number of anilines is 2. The third-order valence-electron chi connectivity index (χ3n) is 2.81. The van der Waals surface area contributed by atoms with Crippen LogP contribution in [0.15, 0.2) is 18.2 Å². The fourth-order valence-corrected chi connectivity index (χ4v) is 1.64. The summed E-state index contributed by atoms with van der Waals surface area (Å²) in [5.74, 6) is -0.517. The zero-order chi connectivity index (χ0) is 14.6. The van der Waals surface area contributed by atoms with Gasteiger partial charge in [-0.1, -0.05) is 0 Å². The number of amides is 2.